The number of nitrogens with two attached hydrogens (primary N) is 1. The van der Waals surface area contributed by atoms with Gasteiger partial charge in [-0.1, -0.05) is 23.6 Å². The van der Waals surface area contributed by atoms with Gasteiger partial charge in [0.25, 0.3) is 5.91 Å². The van der Waals surface area contributed by atoms with Crippen LogP contribution in [0.25, 0.3) is 22.4 Å². The van der Waals surface area contributed by atoms with Crippen molar-refractivity contribution in [3.05, 3.63) is 71.5 Å². The van der Waals surface area contributed by atoms with Crippen LogP contribution in [0.4, 0.5) is 15.9 Å². The molecule has 8 nitrogen and oxygen atoms in total. The maximum absolute atomic E-state index is 15.0. The highest BCUT2D eigenvalue weighted by molar-refractivity contribution is 6.34. The van der Waals surface area contributed by atoms with Crippen molar-refractivity contribution in [1.82, 2.24) is 19.9 Å². The molecule has 0 unspecified atom stereocenters. The van der Waals surface area contributed by atoms with E-state index in [1.807, 2.05) is 0 Å². The normalized spacial score (nSPS) is 10.3. The van der Waals surface area contributed by atoms with Crippen molar-refractivity contribution >= 4 is 29.0 Å². The van der Waals surface area contributed by atoms with E-state index in [-0.39, 0.29) is 17.6 Å². The van der Waals surface area contributed by atoms with E-state index in [9.17, 15) is 9.18 Å². The summed E-state index contributed by atoms with van der Waals surface area (Å²) >= 11 is 6.50. The minimum atomic E-state index is -0.650. The number of aromatic nitrogens is 4. The summed E-state index contributed by atoms with van der Waals surface area (Å²) in [5.74, 6) is 3.89. The van der Waals surface area contributed by atoms with Crippen LogP contribution in [0, 0.1) is 24.6 Å². The SMILES string of the molecule is CC#CC(=O)Nc1ccc(-c2ncnc(N)c2-c2ccc(Oc3nccc(C)n3)c(F)c2)c(Cl)c1. The van der Waals surface area contributed by atoms with Gasteiger partial charge in [-0.2, -0.15) is 0 Å². The second kappa shape index (κ2) is 10.2. The van der Waals surface area contributed by atoms with Crippen molar-refractivity contribution in [3.63, 3.8) is 0 Å². The van der Waals surface area contributed by atoms with Crippen LogP contribution in [0.5, 0.6) is 11.8 Å². The van der Waals surface area contributed by atoms with E-state index in [2.05, 4.69) is 37.1 Å². The fraction of sp³-hybridized carbons (Fsp3) is 0.0800. The zero-order valence-corrected chi connectivity index (χ0v) is 19.4. The zero-order valence-electron chi connectivity index (χ0n) is 18.6. The fourth-order valence-corrected chi connectivity index (χ4v) is 3.53. The highest BCUT2D eigenvalue weighted by Crippen LogP contribution is 2.39. The first-order valence-corrected chi connectivity index (χ1v) is 10.6. The molecule has 0 aliphatic carbocycles. The number of hydrogen-bond acceptors (Lipinski definition) is 7. The van der Waals surface area contributed by atoms with Gasteiger partial charge in [-0.05, 0) is 61.7 Å². The minimum absolute atomic E-state index is 0.0313. The third-order valence-corrected chi connectivity index (χ3v) is 5.10. The van der Waals surface area contributed by atoms with Gasteiger partial charge in [0.2, 0.25) is 0 Å². The van der Waals surface area contributed by atoms with Crippen LogP contribution in [0.3, 0.4) is 0 Å². The summed E-state index contributed by atoms with van der Waals surface area (Å²) in [7, 11) is 0. The van der Waals surface area contributed by atoms with Crippen LogP contribution in [0.1, 0.15) is 12.6 Å². The van der Waals surface area contributed by atoms with E-state index < -0.39 is 11.7 Å². The molecule has 1 amide bonds. The van der Waals surface area contributed by atoms with Crippen molar-refractivity contribution in [3.8, 4) is 46.0 Å². The molecule has 0 saturated heterocycles. The van der Waals surface area contributed by atoms with Crippen LogP contribution >= 0.6 is 11.6 Å². The van der Waals surface area contributed by atoms with E-state index in [0.717, 1.165) is 0 Å². The Balaban J connectivity index is 1.70. The van der Waals surface area contributed by atoms with Gasteiger partial charge >= 0.3 is 6.01 Å². The van der Waals surface area contributed by atoms with Crippen LogP contribution in [-0.2, 0) is 4.79 Å². The number of amides is 1. The second-order valence-corrected chi connectivity index (χ2v) is 7.64. The van der Waals surface area contributed by atoms with Gasteiger partial charge in [0.15, 0.2) is 11.6 Å². The second-order valence-electron chi connectivity index (χ2n) is 7.23. The van der Waals surface area contributed by atoms with E-state index in [4.69, 9.17) is 22.1 Å². The van der Waals surface area contributed by atoms with E-state index >= 15 is 0 Å². The maximum atomic E-state index is 15.0. The van der Waals surface area contributed by atoms with Gasteiger partial charge in [-0.25, -0.2) is 24.3 Å². The van der Waals surface area contributed by atoms with Crippen LogP contribution < -0.4 is 15.8 Å². The molecule has 2 aromatic carbocycles. The summed E-state index contributed by atoms with van der Waals surface area (Å²) in [6.07, 6.45) is 2.82. The molecule has 0 bridgehead atoms. The molecular formula is C25H18ClFN6O2. The molecule has 0 atom stereocenters. The highest BCUT2D eigenvalue weighted by Gasteiger charge is 2.18. The number of rotatable bonds is 5. The molecule has 2 heterocycles. The van der Waals surface area contributed by atoms with Crippen LogP contribution in [-0.4, -0.2) is 25.8 Å². The molecule has 0 fully saturated rings. The minimum Gasteiger partial charge on any atom is -0.421 e. The van der Waals surface area contributed by atoms with Crippen molar-refractivity contribution < 1.29 is 13.9 Å². The van der Waals surface area contributed by atoms with Crippen molar-refractivity contribution in [2.45, 2.75) is 13.8 Å². The maximum Gasteiger partial charge on any atom is 0.322 e. The summed E-state index contributed by atoms with van der Waals surface area (Å²) in [5, 5.41) is 2.92. The number of aryl methyl sites for hydroxylation is 1. The van der Waals surface area contributed by atoms with Gasteiger partial charge < -0.3 is 15.8 Å². The smallest absolute Gasteiger partial charge is 0.322 e. The van der Waals surface area contributed by atoms with Gasteiger partial charge in [0.1, 0.15) is 12.1 Å². The van der Waals surface area contributed by atoms with Gasteiger partial charge in [-0.15, -0.1) is 0 Å². The predicted octanol–water partition coefficient (Wildman–Crippen LogP) is 5.04. The zero-order chi connectivity index (χ0) is 24.9. The Morgan fingerprint density at radius 2 is 1.97 bits per heavy atom. The Labute approximate surface area is 205 Å². The largest absolute Gasteiger partial charge is 0.421 e. The molecule has 3 N–H and O–H groups in total. The van der Waals surface area contributed by atoms with Crippen LogP contribution in [0.15, 0.2) is 55.0 Å². The highest BCUT2D eigenvalue weighted by atomic mass is 35.5. The molecule has 0 radical (unpaired) electrons. The van der Waals surface area contributed by atoms with E-state index in [1.54, 1.807) is 44.2 Å². The number of carbonyl (C=O) groups excluding carboxylic acids is 1. The number of carbonyl (C=O) groups is 1. The van der Waals surface area contributed by atoms with E-state index in [1.165, 1.54) is 24.7 Å². The Morgan fingerprint density at radius 3 is 2.69 bits per heavy atom. The summed E-state index contributed by atoms with van der Waals surface area (Å²) in [6, 6.07) is 11.0. The number of benzene rings is 2. The Kier molecular flexibility index (Phi) is 6.85. The lowest BCUT2D eigenvalue weighted by molar-refractivity contribution is -0.111. The number of anilines is 2. The number of nitrogens with one attached hydrogen (secondary N) is 1. The summed E-state index contributed by atoms with van der Waals surface area (Å²) in [6.45, 7) is 3.34. The standard InChI is InChI=1S/C25H18ClFN6O2/c1-3-4-21(34)33-16-6-7-17(18(26)12-16)23-22(24(28)31-13-30-23)15-5-8-20(19(27)11-15)35-25-29-10-9-14(2)32-25/h5-13H,1-2H3,(H,33,34)(H2,28,30,31). The quantitative estimate of drug-likeness (QED) is 0.378. The predicted molar refractivity (Wildman–Crippen MR) is 131 cm³/mol. The lowest BCUT2D eigenvalue weighted by atomic mass is 9.99. The molecule has 2 aromatic heterocycles. The van der Waals surface area contributed by atoms with Gasteiger partial charge in [0, 0.05) is 23.1 Å². The molecule has 0 aliphatic heterocycles. The summed E-state index contributed by atoms with van der Waals surface area (Å²) in [5.41, 5.74) is 9.02. The monoisotopic (exact) mass is 488 g/mol. The summed E-state index contributed by atoms with van der Waals surface area (Å²) in [4.78, 5) is 28.2. The Bertz CT molecular complexity index is 1500. The van der Waals surface area contributed by atoms with Gasteiger partial charge in [-0.3, -0.25) is 4.79 Å². The first-order valence-electron chi connectivity index (χ1n) is 10.3. The molecule has 4 aromatic rings. The molecular weight excluding hydrogens is 471 g/mol. The molecule has 10 heteroatoms. The summed E-state index contributed by atoms with van der Waals surface area (Å²) < 4.78 is 20.4. The number of nitrogen functional groups attached to an aromatic ring is 1. The number of ether oxygens (including phenoxy) is 1. The third kappa shape index (κ3) is 5.34. The Morgan fingerprint density at radius 1 is 1.14 bits per heavy atom. The Hall–Kier alpha value is -4.55. The lowest BCUT2D eigenvalue weighted by Crippen LogP contribution is -2.08. The fourth-order valence-electron chi connectivity index (χ4n) is 3.26. The first kappa shape index (κ1) is 23.6. The first-order chi connectivity index (χ1) is 16.9. The molecule has 174 valence electrons. The third-order valence-electron chi connectivity index (χ3n) is 4.79. The van der Waals surface area contributed by atoms with Crippen molar-refractivity contribution in [1.29, 1.82) is 0 Å². The van der Waals surface area contributed by atoms with Crippen LogP contribution in [0.2, 0.25) is 5.02 Å². The number of hydrogen-bond donors (Lipinski definition) is 2. The molecule has 0 saturated carbocycles. The van der Waals surface area contributed by atoms with Crippen molar-refractivity contribution in [2.75, 3.05) is 11.1 Å². The molecule has 4 rings (SSSR count). The van der Waals surface area contributed by atoms with Crippen molar-refractivity contribution in [2.24, 2.45) is 0 Å². The average molecular weight is 489 g/mol. The average Bonchev–Trinajstić information content (AvgIpc) is 2.81. The number of halogens is 2. The number of nitrogens with zero attached hydrogens (tertiary/aromatic N) is 4. The topological polar surface area (TPSA) is 116 Å². The lowest BCUT2D eigenvalue weighted by Gasteiger charge is -2.14. The molecule has 0 aliphatic rings. The molecule has 35 heavy (non-hydrogen) atoms. The van der Waals surface area contributed by atoms with E-state index in [0.29, 0.717) is 38.8 Å². The van der Waals surface area contributed by atoms with Gasteiger partial charge in [0.05, 0.1) is 16.3 Å². The molecule has 0 spiro atoms.